The smallest absolute Gasteiger partial charge is 0.329 e. The lowest BCUT2D eigenvalue weighted by molar-refractivity contribution is 0.0973. The van der Waals surface area contributed by atoms with E-state index in [1.807, 2.05) is 12.1 Å². The zero-order valence-corrected chi connectivity index (χ0v) is 17.6. The molecule has 2 aliphatic heterocycles. The predicted molar refractivity (Wildman–Crippen MR) is 115 cm³/mol. The van der Waals surface area contributed by atoms with Crippen molar-refractivity contribution < 1.29 is 9.59 Å². The zero-order valence-electron chi connectivity index (χ0n) is 16.0. The van der Waals surface area contributed by atoms with Crippen LogP contribution in [0.25, 0.3) is 0 Å². The van der Waals surface area contributed by atoms with Crippen molar-refractivity contribution in [2.75, 3.05) is 28.2 Å². The van der Waals surface area contributed by atoms with E-state index in [1.165, 1.54) is 12.8 Å². The van der Waals surface area contributed by atoms with Gasteiger partial charge in [-0.1, -0.05) is 28.8 Å². The minimum absolute atomic E-state index is 0.0407. The minimum atomic E-state index is -0.265. The van der Waals surface area contributed by atoms with Gasteiger partial charge in [-0.25, -0.2) is 14.8 Å². The molecule has 1 aliphatic carbocycles. The van der Waals surface area contributed by atoms with E-state index in [-0.39, 0.29) is 17.9 Å². The van der Waals surface area contributed by atoms with Crippen molar-refractivity contribution in [3.63, 3.8) is 0 Å². The topological polar surface area (TPSA) is 78.4 Å². The van der Waals surface area contributed by atoms with Gasteiger partial charge in [0.25, 0.3) is 0 Å². The quantitative estimate of drug-likeness (QED) is 0.681. The number of rotatable bonds is 5. The van der Waals surface area contributed by atoms with Crippen molar-refractivity contribution >= 4 is 45.1 Å². The van der Waals surface area contributed by atoms with Gasteiger partial charge in [0.05, 0.1) is 11.7 Å². The molecule has 2 amide bonds. The van der Waals surface area contributed by atoms with E-state index in [0.29, 0.717) is 29.7 Å². The Morgan fingerprint density at radius 1 is 1.21 bits per heavy atom. The molecule has 0 unspecified atom stereocenters. The summed E-state index contributed by atoms with van der Waals surface area (Å²) in [7, 11) is 0. The van der Waals surface area contributed by atoms with Gasteiger partial charge in [0.15, 0.2) is 11.6 Å². The van der Waals surface area contributed by atoms with Crippen LogP contribution >= 0.6 is 15.9 Å². The molecule has 1 saturated heterocycles. The Bertz CT molecular complexity index is 977. The van der Waals surface area contributed by atoms with Gasteiger partial charge in [-0.15, -0.1) is 0 Å². The van der Waals surface area contributed by atoms with Crippen molar-refractivity contribution in [1.82, 2.24) is 9.97 Å². The largest absolute Gasteiger partial charge is 0.366 e. The summed E-state index contributed by atoms with van der Waals surface area (Å²) in [6.07, 6.45) is 6.44. The van der Waals surface area contributed by atoms with Gasteiger partial charge in [0.2, 0.25) is 0 Å². The summed E-state index contributed by atoms with van der Waals surface area (Å²) in [5.41, 5.74) is 1.36. The maximum absolute atomic E-state index is 13.1. The number of amides is 2. The fourth-order valence-electron chi connectivity index (χ4n) is 4.14. The van der Waals surface area contributed by atoms with Gasteiger partial charge in [-0.3, -0.25) is 15.0 Å². The van der Waals surface area contributed by atoms with Crippen LogP contribution in [0.1, 0.15) is 42.6 Å². The number of carbonyl (C=O) groups is 2. The Labute approximate surface area is 177 Å². The third kappa shape index (κ3) is 3.73. The van der Waals surface area contributed by atoms with Gasteiger partial charge in [0.1, 0.15) is 11.5 Å². The highest BCUT2D eigenvalue weighted by atomic mass is 79.9. The van der Waals surface area contributed by atoms with Crippen molar-refractivity contribution in [2.24, 2.45) is 5.92 Å². The normalized spacial score (nSPS) is 19.8. The van der Waals surface area contributed by atoms with Crippen molar-refractivity contribution in [3.8, 4) is 0 Å². The van der Waals surface area contributed by atoms with E-state index in [2.05, 4.69) is 36.1 Å². The molecule has 1 saturated carbocycles. The molecule has 8 heteroatoms. The highest BCUT2D eigenvalue weighted by Crippen LogP contribution is 2.39. The second-order valence-corrected chi connectivity index (χ2v) is 8.91. The lowest BCUT2D eigenvalue weighted by Crippen LogP contribution is -2.48. The number of hydrogen-bond acceptors (Lipinski definition) is 5. The number of anilines is 3. The third-order valence-electron chi connectivity index (χ3n) is 5.89. The van der Waals surface area contributed by atoms with E-state index < -0.39 is 0 Å². The first-order chi connectivity index (χ1) is 14.1. The van der Waals surface area contributed by atoms with E-state index in [1.54, 1.807) is 23.2 Å². The van der Waals surface area contributed by atoms with E-state index >= 15 is 0 Å². The van der Waals surface area contributed by atoms with Crippen LogP contribution in [0, 0.1) is 5.92 Å². The van der Waals surface area contributed by atoms with Crippen LogP contribution in [-0.2, 0) is 0 Å². The monoisotopic (exact) mass is 455 g/mol. The lowest BCUT2D eigenvalue weighted by atomic mass is 10.1. The number of urea groups is 1. The summed E-state index contributed by atoms with van der Waals surface area (Å²) in [6, 6.07) is 7.08. The molecule has 1 N–H and O–H groups in total. The molecular weight excluding hydrogens is 434 g/mol. The fraction of sp³-hybridized carbons (Fsp3) is 0.429. The number of aromatic nitrogens is 2. The van der Waals surface area contributed by atoms with Gasteiger partial charge < -0.3 is 4.90 Å². The number of halogens is 1. The number of fused-ring (bicyclic) bond motifs is 4. The summed E-state index contributed by atoms with van der Waals surface area (Å²) in [5.74, 6) is 1.81. The Balaban J connectivity index is 1.43. The van der Waals surface area contributed by atoms with Crippen LogP contribution in [0.4, 0.5) is 22.1 Å². The Hall–Kier alpha value is -2.48. The summed E-state index contributed by atoms with van der Waals surface area (Å²) in [6.45, 7) is 1.66. The standard InChI is InChI=1S/C21H22BrN5O2/c22-14-7-9-23-19(11-14)25-21(29)27-15-8-10-26(12-15)17-5-4-16(24-20(17)27)18(28)6-3-13-1-2-13/h4-5,7,9,11,13,15H,1-3,6,8,10,12H2,(H,23,25,29)/t15-/m0/s1. The molecule has 150 valence electrons. The molecule has 2 bridgehead atoms. The minimum Gasteiger partial charge on any atom is -0.366 e. The molecule has 29 heavy (non-hydrogen) atoms. The van der Waals surface area contributed by atoms with Crippen LogP contribution in [0.5, 0.6) is 0 Å². The first-order valence-corrected chi connectivity index (χ1v) is 10.9. The van der Waals surface area contributed by atoms with Crippen LogP contribution in [0.3, 0.4) is 0 Å². The molecule has 7 nitrogen and oxygen atoms in total. The second kappa shape index (κ2) is 7.40. The summed E-state index contributed by atoms with van der Waals surface area (Å²) in [4.78, 5) is 38.6. The van der Waals surface area contributed by atoms with E-state index in [0.717, 1.165) is 36.1 Å². The first-order valence-electron chi connectivity index (χ1n) is 10.1. The number of nitrogens with zero attached hydrogens (tertiary/aromatic N) is 4. The van der Waals surface area contributed by atoms with Gasteiger partial charge in [-0.05, 0) is 43.0 Å². The molecule has 2 aromatic heterocycles. The highest BCUT2D eigenvalue weighted by molar-refractivity contribution is 9.10. The maximum Gasteiger partial charge on any atom is 0.329 e. The van der Waals surface area contributed by atoms with Crippen molar-refractivity contribution in [2.45, 2.75) is 38.1 Å². The van der Waals surface area contributed by atoms with Crippen LogP contribution in [-0.4, -0.2) is 40.9 Å². The predicted octanol–water partition coefficient (Wildman–Crippen LogP) is 4.24. The second-order valence-electron chi connectivity index (χ2n) is 7.99. The highest BCUT2D eigenvalue weighted by Gasteiger charge is 2.40. The van der Waals surface area contributed by atoms with Crippen LogP contribution < -0.4 is 15.1 Å². The number of pyridine rings is 2. The lowest BCUT2D eigenvalue weighted by Gasteiger charge is -2.35. The van der Waals surface area contributed by atoms with Crippen molar-refractivity contribution in [3.05, 3.63) is 40.6 Å². The molecule has 2 fully saturated rings. The number of hydrogen-bond donors (Lipinski definition) is 1. The fourth-order valence-corrected chi connectivity index (χ4v) is 4.47. The molecule has 3 aliphatic rings. The van der Waals surface area contributed by atoms with E-state index in [9.17, 15) is 9.59 Å². The summed E-state index contributed by atoms with van der Waals surface area (Å²) < 4.78 is 0.843. The van der Waals surface area contributed by atoms with Gasteiger partial charge >= 0.3 is 6.03 Å². The molecule has 1 atom stereocenters. The van der Waals surface area contributed by atoms with Crippen LogP contribution in [0.2, 0.25) is 0 Å². The SMILES string of the molecule is O=C(CCC1CC1)c1ccc2c(n1)N(C(=O)Nc1cc(Br)ccn1)[C@H]1CCN2C1. The Kier molecular flexibility index (Phi) is 4.73. The molecule has 0 radical (unpaired) electrons. The number of carbonyl (C=O) groups excluding carboxylic acids is 2. The van der Waals surface area contributed by atoms with Gasteiger partial charge in [-0.2, -0.15) is 0 Å². The Morgan fingerprint density at radius 2 is 2.07 bits per heavy atom. The van der Waals surface area contributed by atoms with E-state index in [4.69, 9.17) is 0 Å². The average Bonchev–Trinajstić information content (AvgIpc) is 3.45. The zero-order chi connectivity index (χ0) is 20.0. The molecule has 2 aromatic rings. The molecule has 0 spiro atoms. The summed E-state index contributed by atoms with van der Waals surface area (Å²) >= 11 is 3.40. The number of ketones is 1. The molecule has 5 rings (SSSR count). The Morgan fingerprint density at radius 3 is 2.86 bits per heavy atom. The first kappa shape index (κ1) is 18.5. The average molecular weight is 456 g/mol. The molecular formula is C21H22BrN5O2. The molecule has 4 heterocycles. The maximum atomic E-state index is 13.1. The van der Waals surface area contributed by atoms with Crippen molar-refractivity contribution in [1.29, 1.82) is 0 Å². The van der Waals surface area contributed by atoms with Crippen LogP contribution in [0.15, 0.2) is 34.9 Å². The third-order valence-corrected chi connectivity index (χ3v) is 6.38. The van der Waals surface area contributed by atoms with Gasteiger partial charge in [0, 0.05) is 30.2 Å². The summed E-state index contributed by atoms with van der Waals surface area (Å²) in [5, 5.41) is 2.88. The number of nitrogens with one attached hydrogen (secondary N) is 1. The molecule has 0 aromatic carbocycles. The number of Topliss-reactive ketones (excluding diaryl/α,β-unsaturated/α-hetero) is 1.